The van der Waals surface area contributed by atoms with Crippen LogP contribution in [0.1, 0.15) is 33.5 Å². The lowest BCUT2D eigenvalue weighted by Crippen LogP contribution is -2.24. The number of thiazole rings is 1. The molecule has 0 aliphatic rings. The predicted octanol–water partition coefficient (Wildman–Crippen LogP) is 3.14. The number of benzene rings is 1. The molecule has 4 rings (SSSR count). The van der Waals surface area contributed by atoms with Crippen LogP contribution in [-0.4, -0.2) is 32.7 Å². The van der Waals surface area contributed by atoms with Gasteiger partial charge in [-0.3, -0.25) is 9.59 Å². The highest BCUT2D eigenvalue weighted by Crippen LogP contribution is 2.23. The van der Waals surface area contributed by atoms with Crippen LogP contribution in [-0.2, 0) is 6.54 Å². The molecule has 8 heteroatoms. The second kappa shape index (κ2) is 8.24. The lowest BCUT2D eigenvalue weighted by atomic mass is 10.2. The molecule has 0 aliphatic heterocycles. The van der Waals surface area contributed by atoms with Gasteiger partial charge in [0.2, 0.25) is 0 Å². The number of nitrogens with one attached hydrogen (secondary N) is 2. The van der Waals surface area contributed by atoms with Crippen LogP contribution in [0, 0.1) is 0 Å². The summed E-state index contributed by atoms with van der Waals surface area (Å²) in [7, 11) is 0. The van der Waals surface area contributed by atoms with Crippen molar-refractivity contribution in [3.05, 3.63) is 77.2 Å². The van der Waals surface area contributed by atoms with Crippen molar-refractivity contribution in [2.75, 3.05) is 6.54 Å². The second-order valence-corrected chi connectivity index (χ2v) is 7.19. The number of carbonyl (C=O) groups excluding carboxylic acids is 2. The second-order valence-electron chi connectivity index (χ2n) is 6.33. The maximum Gasteiger partial charge on any atom is 0.271 e. The third-order valence-electron chi connectivity index (χ3n) is 4.30. The number of hydrogen-bond donors (Lipinski definition) is 2. The van der Waals surface area contributed by atoms with E-state index in [9.17, 15) is 9.59 Å². The molecule has 4 aromatic rings. The fraction of sp³-hybridized carbons (Fsp3) is 0.143. The van der Waals surface area contributed by atoms with E-state index >= 15 is 0 Å². The fourth-order valence-electron chi connectivity index (χ4n) is 2.92. The van der Waals surface area contributed by atoms with Gasteiger partial charge in [-0.1, -0.05) is 30.3 Å². The maximum absolute atomic E-state index is 12.6. The number of rotatable bonds is 6. The summed E-state index contributed by atoms with van der Waals surface area (Å²) in [5, 5.41) is 8.44. The highest BCUT2D eigenvalue weighted by molar-refractivity contribution is 7.13. The zero-order chi connectivity index (χ0) is 20.2. The Kier molecular flexibility index (Phi) is 5.35. The summed E-state index contributed by atoms with van der Waals surface area (Å²) in [5.41, 5.74) is 2.96. The largest absolute Gasteiger partial charge is 0.352 e. The SMILES string of the molecule is CCNC(=O)c1cccn2cc(C(=O)NCc3csc(-c4ccccc4)n3)nc12. The van der Waals surface area contributed by atoms with Crippen LogP contribution in [0.25, 0.3) is 16.2 Å². The minimum absolute atomic E-state index is 0.216. The average Bonchev–Trinajstić information content (AvgIpc) is 3.40. The Morgan fingerprint density at radius 3 is 2.66 bits per heavy atom. The molecule has 7 nitrogen and oxygen atoms in total. The maximum atomic E-state index is 12.6. The van der Waals surface area contributed by atoms with Crippen molar-refractivity contribution in [1.82, 2.24) is 25.0 Å². The van der Waals surface area contributed by atoms with E-state index in [0.29, 0.717) is 24.3 Å². The van der Waals surface area contributed by atoms with Crippen molar-refractivity contribution in [2.45, 2.75) is 13.5 Å². The highest BCUT2D eigenvalue weighted by atomic mass is 32.1. The van der Waals surface area contributed by atoms with Crippen molar-refractivity contribution in [3.8, 4) is 10.6 Å². The van der Waals surface area contributed by atoms with Gasteiger partial charge in [0.25, 0.3) is 11.8 Å². The topological polar surface area (TPSA) is 88.4 Å². The van der Waals surface area contributed by atoms with Gasteiger partial charge in [0.05, 0.1) is 17.8 Å². The third kappa shape index (κ3) is 4.02. The smallest absolute Gasteiger partial charge is 0.271 e. The minimum Gasteiger partial charge on any atom is -0.352 e. The lowest BCUT2D eigenvalue weighted by Gasteiger charge is -2.03. The van der Waals surface area contributed by atoms with E-state index in [1.165, 1.54) is 11.3 Å². The van der Waals surface area contributed by atoms with E-state index in [-0.39, 0.29) is 17.5 Å². The van der Waals surface area contributed by atoms with Crippen LogP contribution in [0.3, 0.4) is 0 Å². The standard InChI is InChI=1S/C21H19N5O2S/c1-2-22-19(27)16-9-6-10-26-12-17(25-18(16)26)20(28)23-11-15-13-29-21(24-15)14-7-4-3-5-8-14/h3-10,12-13H,2,11H2,1H3,(H,22,27)(H,23,28). The van der Waals surface area contributed by atoms with E-state index in [1.807, 2.05) is 42.6 Å². The number of carbonyl (C=O) groups is 2. The van der Waals surface area contributed by atoms with Crippen LogP contribution in [0.15, 0.2) is 60.2 Å². The number of nitrogens with zero attached hydrogens (tertiary/aromatic N) is 3. The van der Waals surface area contributed by atoms with Crippen molar-refractivity contribution < 1.29 is 9.59 Å². The molecule has 0 radical (unpaired) electrons. The summed E-state index contributed by atoms with van der Waals surface area (Å²) in [4.78, 5) is 33.7. The molecule has 0 aliphatic carbocycles. The van der Waals surface area contributed by atoms with Gasteiger partial charge in [0.1, 0.15) is 10.7 Å². The summed E-state index contributed by atoms with van der Waals surface area (Å²) in [5.74, 6) is -0.531. The van der Waals surface area contributed by atoms with Gasteiger partial charge in [-0.05, 0) is 19.1 Å². The number of fused-ring (bicyclic) bond motifs is 1. The molecule has 2 N–H and O–H groups in total. The van der Waals surface area contributed by atoms with Gasteiger partial charge in [-0.2, -0.15) is 0 Å². The van der Waals surface area contributed by atoms with E-state index < -0.39 is 0 Å². The van der Waals surface area contributed by atoms with Gasteiger partial charge in [-0.25, -0.2) is 9.97 Å². The summed E-state index contributed by atoms with van der Waals surface area (Å²) >= 11 is 1.54. The molecule has 0 atom stereocenters. The van der Waals surface area contributed by atoms with E-state index in [0.717, 1.165) is 16.3 Å². The van der Waals surface area contributed by atoms with Crippen molar-refractivity contribution >= 4 is 28.8 Å². The fourth-order valence-corrected chi connectivity index (χ4v) is 3.74. The molecule has 3 aromatic heterocycles. The van der Waals surface area contributed by atoms with Gasteiger partial charge in [-0.15, -0.1) is 11.3 Å². The lowest BCUT2D eigenvalue weighted by molar-refractivity contribution is 0.0940. The third-order valence-corrected chi connectivity index (χ3v) is 5.24. The number of pyridine rings is 1. The normalized spacial score (nSPS) is 10.8. The van der Waals surface area contributed by atoms with Crippen molar-refractivity contribution in [3.63, 3.8) is 0 Å². The molecule has 0 unspecified atom stereocenters. The molecular weight excluding hydrogens is 386 g/mol. The minimum atomic E-state index is -0.315. The number of aromatic nitrogens is 3. The van der Waals surface area contributed by atoms with Crippen LogP contribution >= 0.6 is 11.3 Å². The predicted molar refractivity (Wildman–Crippen MR) is 112 cm³/mol. The molecule has 0 bridgehead atoms. The first-order valence-electron chi connectivity index (χ1n) is 9.19. The number of amides is 2. The Labute approximate surface area is 171 Å². The van der Waals surface area contributed by atoms with Gasteiger partial charge in [0.15, 0.2) is 5.65 Å². The first-order chi connectivity index (χ1) is 14.2. The summed E-state index contributed by atoms with van der Waals surface area (Å²) in [6, 6.07) is 13.3. The Balaban J connectivity index is 1.48. The monoisotopic (exact) mass is 405 g/mol. The molecule has 3 heterocycles. The molecule has 29 heavy (non-hydrogen) atoms. The summed E-state index contributed by atoms with van der Waals surface area (Å²) < 4.78 is 1.68. The van der Waals surface area contributed by atoms with Crippen LogP contribution in [0.5, 0.6) is 0 Å². The molecule has 1 aromatic carbocycles. The average molecular weight is 405 g/mol. The van der Waals surface area contributed by atoms with Crippen LogP contribution in [0.2, 0.25) is 0 Å². The number of hydrogen-bond acceptors (Lipinski definition) is 5. The van der Waals surface area contributed by atoms with E-state index in [2.05, 4.69) is 20.6 Å². The van der Waals surface area contributed by atoms with Crippen LogP contribution in [0.4, 0.5) is 0 Å². The molecule has 146 valence electrons. The molecule has 0 saturated carbocycles. The Hall–Kier alpha value is -3.52. The zero-order valence-corrected chi connectivity index (χ0v) is 16.6. The first kappa shape index (κ1) is 18.8. The highest BCUT2D eigenvalue weighted by Gasteiger charge is 2.16. The Morgan fingerprint density at radius 2 is 1.86 bits per heavy atom. The van der Waals surface area contributed by atoms with Gasteiger partial charge in [0, 0.05) is 29.9 Å². The van der Waals surface area contributed by atoms with E-state index in [4.69, 9.17) is 0 Å². The van der Waals surface area contributed by atoms with Gasteiger partial charge >= 0.3 is 0 Å². The molecule has 2 amide bonds. The van der Waals surface area contributed by atoms with E-state index in [1.54, 1.807) is 28.9 Å². The van der Waals surface area contributed by atoms with Crippen LogP contribution < -0.4 is 10.6 Å². The Bertz CT molecular complexity index is 1170. The molecular formula is C21H19N5O2S. The summed E-state index contributed by atoms with van der Waals surface area (Å²) in [6.45, 7) is 2.68. The van der Waals surface area contributed by atoms with Crippen molar-refractivity contribution in [1.29, 1.82) is 0 Å². The summed E-state index contributed by atoms with van der Waals surface area (Å²) in [6.07, 6.45) is 3.37. The Morgan fingerprint density at radius 1 is 1.03 bits per heavy atom. The number of imidazole rings is 1. The quantitative estimate of drug-likeness (QED) is 0.516. The zero-order valence-electron chi connectivity index (χ0n) is 15.8. The first-order valence-corrected chi connectivity index (χ1v) is 10.1. The molecule has 0 spiro atoms. The molecule has 0 saturated heterocycles. The molecule has 0 fully saturated rings. The van der Waals surface area contributed by atoms with Crippen molar-refractivity contribution in [2.24, 2.45) is 0 Å². The van der Waals surface area contributed by atoms with Gasteiger partial charge < -0.3 is 15.0 Å².